The Bertz CT molecular complexity index is 625. The smallest absolute Gasteiger partial charge is 0.317 e. The van der Waals surface area contributed by atoms with E-state index in [0.29, 0.717) is 19.6 Å². The molecule has 118 valence electrons. The summed E-state index contributed by atoms with van der Waals surface area (Å²) in [6.07, 6.45) is 1.71. The summed E-state index contributed by atoms with van der Waals surface area (Å²) < 4.78 is 7.71. The van der Waals surface area contributed by atoms with Crippen molar-refractivity contribution in [2.75, 3.05) is 13.1 Å². The molecule has 0 spiro atoms. The number of urea groups is 1. The maximum atomic E-state index is 12.4. The molecule has 6 nitrogen and oxygen atoms in total. The van der Waals surface area contributed by atoms with E-state index >= 15 is 0 Å². The fourth-order valence-electron chi connectivity index (χ4n) is 2.61. The number of aromatic nitrogens is 2. The molecule has 0 unspecified atom stereocenters. The molecule has 1 N–H and O–H groups in total. The first-order valence-corrected chi connectivity index (χ1v) is 8.25. The molecule has 2 aromatic heterocycles. The van der Waals surface area contributed by atoms with Crippen LogP contribution in [0.15, 0.2) is 29.1 Å². The Morgan fingerprint density at radius 3 is 3.05 bits per heavy atom. The second kappa shape index (κ2) is 6.50. The van der Waals surface area contributed by atoms with Crippen molar-refractivity contribution in [2.45, 2.75) is 25.7 Å². The largest absolute Gasteiger partial charge is 0.367 e. The third-order valence-electron chi connectivity index (χ3n) is 3.81. The molecular formula is C15H20N4O2S. The molecule has 2 amide bonds. The molecule has 1 saturated heterocycles. The van der Waals surface area contributed by atoms with E-state index in [-0.39, 0.29) is 18.2 Å². The third kappa shape index (κ3) is 3.31. The minimum Gasteiger partial charge on any atom is -0.367 e. The highest BCUT2D eigenvalue weighted by Gasteiger charge is 2.29. The van der Waals surface area contributed by atoms with Crippen molar-refractivity contribution in [3.05, 3.63) is 40.3 Å². The first-order chi connectivity index (χ1) is 10.6. The number of nitrogens with one attached hydrogen (secondary N) is 1. The topological polar surface area (TPSA) is 59.4 Å². The van der Waals surface area contributed by atoms with Gasteiger partial charge in [-0.25, -0.2) is 4.79 Å². The number of thiophene rings is 1. The number of ether oxygens (including phenoxy) is 1. The van der Waals surface area contributed by atoms with Gasteiger partial charge < -0.3 is 15.0 Å². The van der Waals surface area contributed by atoms with Crippen molar-refractivity contribution < 1.29 is 9.53 Å². The lowest BCUT2D eigenvalue weighted by atomic mass is 10.1. The van der Waals surface area contributed by atoms with Gasteiger partial charge in [0, 0.05) is 19.8 Å². The van der Waals surface area contributed by atoms with Crippen molar-refractivity contribution >= 4 is 17.4 Å². The van der Waals surface area contributed by atoms with Crippen LogP contribution < -0.4 is 5.32 Å². The van der Waals surface area contributed by atoms with Crippen molar-refractivity contribution in [3.63, 3.8) is 0 Å². The van der Waals surface area contributed by atoms with Gasteiger partial charge in [-0.05, 0) is 35.4 Å². The molecular weight excluding hydrogens is 300 g/mol. The molecule has 22 heavy (non-hydrogen) atoms. The number of hydrogen-bond acceptors (Lipinski definition) is 4. The van der Waals surface area contributed by atoms with Crippen LogP contribution in [0.4, 0.5) is 4.79 Å². The molecule has 7 heteroatoms. The Kier molecular flexibility index (Phi) is 4.44. The number of morpholine rings is 1. The van der Waals surface area contributed by atoms with Crippen molar-refractivity contribution in [3.8, 4) is 0 Å². The summed E-state index contributed by atoms with van der Waals surface area (Å²) in [6.45, 7) is 3.67. The van der Waals surface area contributed by atoms with Gasteiger partial charge in [-0.15, -0.1) is 0 Å². The number of nitrogens with zero attached hydrogens (tertiary/aromatic N) is 3. The Hall–Kier alpha value is -1.86. The van der Waals surface area contributed by atoms with Crippen molar-refractivity contribution in [1.29, 1.82) is 0 Å². The molecule has 0 aliphatic carbocycles. The lowest BCUT2D eigenvalue weighted by Crippen LogP contribution is -2.49. The maximum Gasteiger partial charge on any atom is 0.317 e. The third-order valence-corrected chi connectivity index (χ3v) is 4.51. The van der Waals surface area contributed by atoms with Crippen LogP contribution in [-0.2, 0) is 18.3 Å². The first-order valence-electron chi connectivity index (χ1n) is 7.30. The van der Waals surface area contributed by atoms with E-state index in [1.54, 1.807) is 22.2 Å². The zero-order chi connectivity index (χ0) is 15.5. The van der Waals surface area contributed by atoms with E-state index in [4.69, 9.17) is 4.74 Å². The highest BCUT2D eigenvalue weighted by Crippen LogP contribution is 2.26. The fourth-order valence-corrected chi connectivity index (χ4v) is 3.31. The predicted molar refractivity (Wildman–Crippen MR) is 84.6 cm³/mol. The summed E-state index contributed by atoms with van der Waals surface area (Å²) in [5, 5.41) is 11.2. The van der Waals surface area contributed by atoms with Crippen LogP contribution in [0.5, 0.6) is 0 Å². The molecule has 0 aromatic carbocycles. The van der Waals surface area contributed by atoms with Gasteiger partial charge in [0.05, 0.1) is 24.9 Å². The lowest BCUT2D eigenvalue weighted by molar-refractivity contribution is -0.0655. The number of carbonyl (C=O) groups is 1. The van der Waals surface area contributed by atoms with E-state index in [0.717, 1.165) is 11.3 Å². The average Bonchev–Trinajstić information content (AvgIpc) is 3.15. The molecule has 1 aliphatic rings. The highest BCUT2D eigenvalue weighted by molar-refractivity contribution is 7.07. The maximum absolute atomic E-state index is 12.4. The molecule has 1 aliphatic heterocycles. The molecule has 2 aromatic rings. The zero-order valence-electron chi connectivity index (χ0n) is 12.7. The van der Waals surface area contributed by atoms with Crippen LogP contribution in [0.3, 0.4) is 0 Å². The quantitative estimate of drug-likeness (QED) is 0.943. The normalized spacial score (nSPS) is 21.8. The first kappa shape index (κ1) is 15.1. The van der Waals surface area contributed by atoms with Gasteiger partial charge in [-0.3, -0.25) is 4.68 Å². The van der Waals surface area contributed by atoms with Crippen LogP contribution >= 0.6 is 11.3 Å². The van der Waals surface area contributed by atoms with Gasteiger partial charge in [0.2, 0.25) is 0 Å². The molecule has 3 heterocycles. The standard InChI is InChI=1S/C15H20N4O2S/c1-11-8-19(9-14(21-11)12-4-6-22-10-12)15(20)16-7-13-3-5-17-18(13)2/h3-6,10-11,14H,7-9H2,1-2H3,(H,16,20)/t11-,14+/m0/s1. The fraction of sp³-hybridized carbons (Fsp3) is 0.467. The molecule has 0 radical (unpaired) electrons. The van der Waals surface area contributed by atoms with Crippen molar-refractivity contribution in [2.24, 2.45) is 7.05 Å². The number of hydrogen-bond donors (Lipinski definition) is 1. The van der Waals surface area contributed by atoms with Crippen LogP contribution in [0.25, 0.3) is 0 Å². The number of rotatable bonds is 3. The monoisotopic (exact) mass is 320 g/mol. The molecule has 3 rings (SSSR count). The molecule has 0 bridgehead atoms. The lowest BCUT2D eigenvalue weighted by Gasteiger charge is -2.36. The van der Waals surface area contributed by atoms with Crippen LogP contribution in [0.2, 0.25) is 0 Å². The second-order valence-corrected chi connectivity index (χ2v) is 6.28. The summed E-state index contributed by atoms with van der Waals surface area (Å²) in [5.41, 5.74) is 2.12. The average molecular weight is 320 g/mol. The van der Waals surface area contributed by atoms with Gasteiger partial charge in [-0.2, -0.15) is 16.4 Å². The van der Waals surface area contributed by atoms with Crippen LogP contribution in [0, 0.1) is 0 Å². The van der Waals surface area contributed by atoms with Crippen molar-refractivity contribution in [1.82, 2.24) is 20.0 Å². The Morgan fingerprint density at radius 1 is 1.50 bits per heavy atom. The van der Waals surface area contributed by atoms with E-state index in [2.05, 4.69) is 21.9 Å². The van der Waals surface area contributed by atoms with Gasteiger partial charge in [0.15, 0.2) is 0 Å². The van der Waals surface area contributed by atoms with Gasteiger partial charge >= 0.3 is 6.03 Å². The summed E-state index contributed by atoms with van der Waals surface area (Å²) in [4.78, 5) is 14.2. The Morgan fingerprint density at radius 2 is 2.36 bits per heavy atom. The van der Waals surface area contributed by atoms with Crippen LogP contribution in [-0.4, -0.2) is 39.9 Å². The van der Waals surface area contributed by atoms with E-state index in [1.165, 1.54) is 0 Å². The van der Waals surface area contributed by atoms with Gasteiger partial charge in [0.25, 0.3) is 0 Å². The number of amides is 2. The summed E-state index contributed by atoms with van der Waals surface area (Å²) in [6, 6.07) is 3.90. The summed E-state index contributed by atoms with van der Waals surface area (Å²) in [5.74, 6) is 0. The minimum atomic E-state index is -0.0587. The minimum absolute atomic E-state index is 0.0288. The SMILES string of the molecule is C[C@H]1CN(C(=O)NCc2ccnn2C)C[C@H](c2ccsc2)O1. The van der Waals surface area contributed by atoms with Crippen LogP contribution in [0.1, 0.15) is 24.3 Å². The number of aryl methyl sites for hydroxylation is 1. The summed E-state index contributed by atoms with van der Waals surface area (Å²) >= 11 is 1.65. The Balaban J connectivity index is 1.60. The predicted octanol–water partition coefficient (Wildman–Crippen LogP) is 2.15. The molecule has 0 saturated carbocycles. The van der Waals surface area contributed by atoms with E-state index in [1.807, 2.05) is 30.3 Å². The highest BCUT2D eigenvalue weighted by atomic mass is 32.1. The number of carbonyl (C=O) groups excluding carboxylic acids is 1. The zero-order valence-corrected chi connectivity index (χ0v) is 13.5. The summed E-state index contributed by atoms with van der Waals surface area (Å²) in [7, 11) is 1.87. The van der Waals surface area contributed by atoms with E-state index < -0.39 is 0 Å². The molecule has 2 atom stereocenters. The van der Waals surface area contributed by atoms with E-state index in [9.17, 15) is 4.79 Å². The van der Waals surface area contributed by atoms with Gasteiger partial charge in [-0.1, -0.05) is 0 Å². The van der Waals surface area contributed by atoms with Gasteiger partial charge in [0.1, 0.15) is 6.10 Å². The Labute approximate surface area is 133 Å². The molecule has 1 fully saturated rings. The second-order valence-electron chi connectivity index (χ2n) is 5.50.